The average molecular weight is 244 g/mol. The van der Waals surface area contributed by atoms with Gasteiger partial charge in [0.2, 0.25) is 0 Å². The van der Waals surface area contributed by atoms with Crippen molar-refractivity contribution in [2.24, 2.45) is 0 Å². The second kappa shape index (κ2) is 4.90. The van der Waals surface area contributed by atoms with E-state index in [2.05, 4.69) is 6.07 Å². The van der Waals surface area contributed by atoms with Crippen molar-refractivity contribution < 1.29 is 4.42 Å². The minimum atomic E-state index is 0.552. The van der Waals surface area contributed by atoms with E-state index in [1.54, 1.807) is 18.2 Å². The maximum atomic E-state index is 9.12. The molecule has 0 N–H and O–H groups in total. The molecule has 1 aromatic carbocycles. The van der Waals surface area contributed by atoms with Crippen molar-refractivity contribution in [3.63, 3.8) is 0 Å². The predicted molar refractivity (Wildman–Crippen MR) is 68.4 cm³/mol. The number of halogens is 1. The minimum absolute atomic E-state index is 0.552. The number of allylic oxidation sites excluding steroid dienone is 1. The highest BCUT2D eigenvalue weighted by Crippen LogP contribution is 2.20. The Bertz CT molecular complexity index is 587. The van der Waals surface area contributed by atoms with Crippen LogP contribution < -0.4 is 0 Å². The summed E-state index contributed by atoms with van der Waals surface area (Å²) >= 11 is 5.80. The maximum absolute atomic E-state index is 9.12. The number of rotatable bonds is 2. The number of nitrogens with zero attached hydrogens (tertiary/aromatic N) is 1. The van der Waals surface area contributed by atoms with Crippen LogP contribution in [-0.2, 0) is 0 Å². The van der Waals surface area contributed by atoms with Crippen LogP contribution in [0.5, 0.6) is 0 Å². The van der Waals surface area contributed by atoms with Gasteiger partial charge in [-0.3, -0.25) is 0 Å². The van der Waals surface area contributed by atoms with E-state index in [1.165, 1.54) is 0 Å². The quantitative estimate of drug-likeness (QED) is 0.737. The van der Waals surface area contributed by atoms with Gasteiger partial charge in [0.05, 0.1) is 11.6 Å². The van der Waals surface area contributed by atoms with Crippen LogP contribution in [0.1, 0.15) is 17.1 Å². The number of furan rings is 1. The van der Waals surface area contributed by atoms with Gasteiger partial charge in [0.25, 0.3) is 0 Å². The van der Waals surface area contributed by atoms with Gasteiger partial charge in [-0.05, 0) is 42.8 Å². The Balaban J connectivity index is 2.37. The fraction of sp³-hybridized carbons (Fsp3) is 0.0714. The molecule has 17 heavy (non-hydrogen) atoms. The van der Waals surface area contributed by atoms with E-state index in [-0.39, 0.29) is 0 Å². The van der Waals surface area contributed by atoms with Crippen molar-refractivity contribution in [1.82, 2.24) is 0 Å². The van der Waals surface area contributed by atoms with Crippen molar-refractivity contribution in [2.75, 3.05) is 0 Å². The highest BCUT2D eigenvalue weighted by Gasteiger charge is 2.02. The first-order chi connectivity index (χ1) is 8.19. The summed E-state index contributed by atoms with van der Waals surface area (Å²) in [5.74, 6) is 1.50. The van der Waals surface area contributed by atoms with Crippen molar-refractivity contribution in [1.29, 1.82) is 5.26 Å². The second-order valence-electron chi connectivity index (χ2n) is 3.63. The lowest BCUT2D eigenvalue weighted by atomic mass is 10.1. The lowest BCUT2D eigenvalue weighted by molar-refractivity contribution is 0.525. The van der Waals surface area contributed by atoms with Gasteiger partial charge in [0, 0.05) is 5.02 Å². The van der Waals surface area contributed by atoms with E-state index in [9.17, 15) is 0 Å². The van der Waals surface area contributed by atoms with Gasteiger partial charge >= 0.3 is 0 Å². The molecule has 0 saturated heterocycles. The summed E-state index contributed by atoms with van der Waals surface area (Å²) in [5.41, 5.74) is 1.38. The van der Waals surface area contributed by atoms with E-state index >= 15 is 0 Å². The van der Waals surface area contributed by atoms with Gasteiger partial charge in [0.15, 0.2) is 0 Å². The molecule has 2 rings (SSSR count). The van der Waals surface area contributed by atoms with Crippen LogP contribution in [0, 0.1) is 18.3 Å². The average Bonchev–Trinajstić information content (AvgIpc) is 2.73. The first-order valence-corrected chi connectivity index (χ1v) is 5.51. The van der Waals surface area contributed by atoms with Crippen LogP contribution in [0.4, 0.5) is 0 Å². The van der Waals surface area contributed by atoms with Gasteiger partial charge in [-0.1, -0.05) is 23.7 Å². The van der Waals surface area contributed by atoms with Crippen molar-refractivity contribution in [2.45, 2.75) is 6.92 Å². The number of benzene rings is 1. The lowest BCUT2D eigenvalue weighted by Gasteiger charge is -1.98. The number of hydrogen-bond acceptors (Lipinski definition) is 2. The Morgan fingerprint density at radius 3 is 2.47 bits per heavy atom. The maximum Gasteiger partial charge on any atom is 0.128 e. The Morgan fingerprint density at radius 1 is 1.24 bits per heavy atom. The van der Waals surface area contributed by atoms with Crippen LogP contribution in [0.25, 0.3) is 11.6 Å². The summed E-state index contributed by atoms with van der Waals surface area (Å²) in [6, 6.07) is 13.0. The molecular weight excluding hydrogens is 234 g/mol. The molecule has 1 aromatic heterocycles. The first kappa shape index (κ1) is 11.5. The summed E-state index contributed by atoms with van der Waals surface area (Å²) < 4.78 is 5.41. The van der Waals surface area contributed by atoms with Crippen LogP contribution in [0.15, 0.2) is 40.8 Å². The standard InChI is InChI=1S/C14H10ClNO/c1-10-2-7-14(17-10)8-12(9-16)11-3-5-13(15)6-4-11/h2-8H,1H3. The zero-order valence-electron chi connectivity index (χ0n) is 9.27. The highest BCUT2D eigenvalue weighted by atomic mass is 35.5. The topological polar surface area (TPSA) is 36.9 Å². The molecule has 0 spiro atoms. The predicted octanol–water partition coefficient (Wildman–Crippen LogP) is 4.31. The molecule has 0 unspecified atom stereocenters. The summed E-state index contributed by atoms with van der Waals surface area (Å²) in [5, 5.41) is 9.78. The Hall–Kier alpha value is -1.98. The monoisotopic (exact) mass is 243 g/mol. The zero-order valence-corrected chi connectivity index (χ0v) is 10.0. The molecule has 1 heterocycles. The third kappa shape index (κ3) is 2.77. The van der Waals surface area contributed by atoms with Crippen molar-refractivity contribution in [3.8, 4) is 6.07 Å². The van der Waals surface area contributed by atoms with Gasteiger partial charge < -0.3 is 4.42 Å². The number of hydrogen-bond donors (Lipinski definition) is 0. The fourth-order valence-corrected chi connectivity index (χ4v) is 1.61. The third-order valence-corrected chi connectivity index (χ3v) is 2.58. The van der Waals surface area contributed by atoms with Gasteiger partial charge in [0.1, 0.15) is 11.5 Å². The molecule has 0 atom stereocenters. The SMILES string of the molecule is Cc1ccc(C=C(C#N)c2ccc(Cl)cc2)o1. The summed E-state index contributed by atoms with van der Waals surface area (Å²) in [6.45, 7) is 1.87. The molecule has 3 heteroatoms. The van der Waals surface area contributed by atoms with E-state index < -0.39 is 0 Å². The first-order valence-electron chi connectivity index (χ1n) is 5.13. The zero-order chi connectivity index (χ0) is 12.3. The number of aryl methyl sites for hydroxylation is 1. The van der Waals surface area contributed by atoms with E-state index in [0.717, 1.165) is 11.3 Å². The fourth-order valence-electron chi connectivity index (χ4n) is 1.48. The summed E-state index contributed by atoms with van der Waals surface area (Å²) in [4.78, 5) is 0. The van der Waals surface area contributed by atoms with Crippen LogP contribution >= 0.6 is 11.6 Å². The van der Waals surface area contributed by atoms with Gasteiger partial charge in [-0.25, -0.2) is 0 Å². The van der Waals surface area contributed by atoms with Crippen LogP contribution in [-0.4, -0.2) is 0 Å². The number of nitriles is 1. The van der Waals surface area contributed by atoms with E-state index in [4.69, 9.17) is 21.3 Å². The van der Waals surface area contributed by atoms with Crippen molar-refractivity contribution in [3.05, 3.63) is 58.5 Å². The third-order valence-electron chi connectivity index (χ3n) is 2.32. The Morgan fingerprint density at radius 2 is 1.94 bits per heavy atom. The minimum Gasteiger partial charge on any atom is -0.462 e. The molecule has 0 amide bonds. The second-order valence-corrected chi connectivity index (χ2v) is 4.06. The molecule has 2 aromatic rings. The molecule has 0 radical (unpaired) electrons. The summed E-state index contributed by atoms with van der Waals surface area (Å²) in [6.07, 6.45) is 1.72. The smallest absolute Gasteiger partial charge is 0.128 e. The molecule has 84 valence electrons. The van der Waals surface area contributed by atoms with E-state index in [0.29, 0.717) is 16.4 Å². The Kier molecular flexibility index (Phi) is 3.32. The summed E-state index contributed by atoms with van der Waals surface area (Å²) in [7, 11) is 0. The highest BCUT2D eigenvalue weighted by molar-refractivity contribution is 6.30. The molecule has 0 aliphatic carbocycles. The largest absolute Gasteiger partial charge is 0.462 e. The van der Waals surface area contributed by atoms with Crippen LogP contribution in [0.2, 0.25) is 5.02 Å². The van der Waals surface area contributed by atoms with Crippen LogP contribution in [0.3, 0.4) is 0 Å². The molecule has 0 saturated carbocycles. The lowest BCUT2D eigenvalue weighted by Crippen LogP contribution is -1.80. The van der Waals surface area contributed by atoms with Gasteiger partial charge in [-0.15, -0.1) is 0 Å². The molecule has 0 aliphatic rings. The van der Waals surface area contributed by atoms with Gasteiger partial charge in [-0.2, -0.15) is 5.26 Å². The molecule has 0 fully saturated rings. The van der Waals surface area contributed by atoms with Crippen molar-refractivity contribution >= 4 is 23.3 Å². The molecule has 0 aliphatic heterocycles. The van der Waals surface area contributed by atoms with E-state index in [1.807, 2.05) is 31.2 Å². The molecular formula is C14H10ClNO. The Labute approximate surface area is 105 Å². The normalized spacial score (nSPS) is 11.2. The molecule has 2 nitrogen and oxygen atoms in total. The molecule has 0 bridgehead atoms.